The molecule has 9 nitrogen and oxygen atoms in total. The summed E-state index contributed by atoms with van der Waals surface area (Å²) in [6.45, 7) is 1.76. The van der Waals surface area contributed by atoms with Gasteiger partial charge in [0.1, 0.15) is 0 Å². The molecule has 1 saturated heterocycles. The number of fused-ring (bicyclic) bond motifs is 3. The highest BCUT2D eigenvalue weighted by Gasteiger charge is 2.34. The fourth-order valence-corrected chi connectivity index (χ4v) is 6.37. The smallest absolute Gasteiger partial charge is 0.262 e. The summed E-state index contributed by atoms with van der Waals surface area (Å²) in [6.07, 6.45) is 0.461. The van der Waals surface area contributed by atoms with E-state index in [1.54, 1.807) is 37.6 Å². The molecule has 0 bridgehead atoms. The van der Waals surface area contributed by atoms with E-state index in [4.69, 9.17) is 0 Å². The quantitative estimate of drug-likeness (QED) is 0.556. The normalized spacial score (nSPS) is 19.6. The van der Waals surface area contributed by atoms with Crippen LogP contribution in [0.25, 0.3) is 16.7 Å². The average Bonchev–Trinajstić information content (AvgIpc) is 3.28. The molecule has 0 radical (unpaired) electrons. The Morgan fingerprint density at radius 3 is 2.72 bits per heavy atom. The molecule has 3 heterocycles. The Morgan fingerprint density at radius 2 is 2.03 bits per heavy atom. The second kappa shape index (κ2) is 7.13. The molecular formula is C18H21N5O4S2. The molecule has 1 amide bonds. The van der Waals surface area contributed by atoms with Gasteiger partial charge in [-0.25, -0.2) is 8.42 Å². The molecule has 1 aromatic carbocycles. The highest BCUT2D eigenvalue weighted by molar-refractivity contribution is 8.00. The number of aryl methyl sites for hydroxylation is 1. The zero-order chi connectivity index (χ0) is 20.9. The number of sulfone groups is 1. The third-order valence-corrected chi connectivity index (χ3v) is 8.11. The number of hydrogen-bond donors (Lipinski definition) is 0. The van der Waals surface area contributed by atoms with E-state index in [1.165, 1.54) is 21.2 Å². The lowest BCUT2D eigenvalue weighted by atomic mass is 10.2. The minimum Gasteiger partial charge on any atom is -0.341 e. The summed E-state index contributed by atoms with van der Waals surface area (Å²) in [6, 6.07) is 6.89. The molecule has 0 spiro atoms. The van der Waals surface area contributed by atoms with Crippen molar-refractivity contribution in [3.63, 3.8) is 0 Å². The molecule has 1 aliphatic heterocycles. The fourth-order valence-electron chi connectivity index (χ4n) is 3.64. The number of rotatable bonds is 4. The zero-order valence-electron chi connectivity index (χ0n) is 16.3. The lowest BCUT2D eigenvalue weighted by molar-refractivity contribution is -0.130. The Labute approximate surface area is 171 Å². The second-order valence-corrected chi connectivity index (χ2v) is 10.8. The van der Waals surface area contributed by atoms with E-state index >= 15 is 0 Å². The summed E-state index contributed by atoms with van der Waals surface area (Å²) < 4.78 is 26.7. The fraction of sp³-hybridized carbons (Fsp3) is 0.444. The maximum absolute atomic E-state index is 12.9. The van der Waals surface area contributed by atoms with E-state index in [0.29, 0.717) is 28.3 Å². The van der Waals surface area contributed by atoms with Gasteiger partial charge in [0.15, 0.2) is 15.0 Å². The molecule has 0 aliphatic carbocycles. The Balaban J connectivity index is 1.66. The van der Waals surface area contributed by atoms with Crippen molar-refractivity contribution in [1.82, 2.24) is 24.1 Å². The van der Waals surface area contributed by atoms with Crippen LogP contribution in [-0.4, -0.2) is 68.2 Å². The van der Waals surface area contributed by atoms with Crippen molar-refractivity contribution < 1.29 is 13.2 Å². The van der Waals surface area contributed by atoms with Crippen LogP contribution < -0.4 is 5.56 Å². The van der Waals surface area contributed by atoms with Crippen LogP contribution in [0, 0.1) is 0 Å². The molecule has 3 aromatic rings. The Bertz CT molecular complexity index is 1280. The van der Waals surface area contributed by atoms with Crippen molar-refractivity contribution in [2.24, 2.45) is 7.05 Å². The van der Waals surface area contributed by atoms with Gasteiger partial charge in [-0.2, -0.15) is 0 Å². The molecule has 2 unspecified atom stereocenters. The molecule has 4 rings (SSSR count). The summed E-state index contributed by atoms with van der Waals surface area (Å²) in [5, 5.41) is 8.88. The van der Waals surface area contributed by atoms with Crippen LogP contribution in [0.2, 0.25) is 0 Å². The zero-order valence-corrected chi connectivity index (χ0v) is 17.9. The van der Waals surface area contributed by atoms with Crippen molar-refractivity contribution in [1.29, 1.82) is 0 Å². The van der Waals surface area contributed by atoms with Crippen LogP contribution in [0.3, 0.4) is 0 Å². The number of aromatic nitrogens is 4. The number of benzene rings is 1. The van der Waals surface area contributed by atoms with Gasteiger partial charge in [0.05, 0.1) is 27.7 Å². The number of para-hydroxylation sites is 1. The summed E-state index contributed by atoms with van der Waals surface area (Å²) in [5.74, 6) is 0.355. The third kappa shape index (κ3) is 3.42. The predicted molar refractivity (Wildman–Crippen MR) is 111 cm³/mol. The SMILES string of the molecule is CC(Sc1nnc2n(C)c(=O)c3ccccc3n12)C(=O)N(C)C1CCS(=O)(=O)C1. The number of carbonyl (C=O) groups is 1. The Morgan fingerprint density at radius 1 is 1.31 bits per heavy atom. The maximum Gasteiger partial charge on any atom is 0.262 e. The molecule has 1 aliphatic rings. The largest absolute Gasteiger partial charge is 0.341 e. The van der Waals surface area contributed by atoms with Crippen LogP contribution in [0.15, 0.2) is 34.2 Å². The molecule has 0 N–H and O–H groups in total. The molecule has 0 saturated carbocycles. The van der Waals surface area contributed by atoms with E-state index in [2.05, 4.69) is 10.2 Å². The van der Waals surface area contributed by atoms with Crippen LogP contribution in [-0.2, 0) is 21.7 Å². The first kappa shape index (κ1) is 19.9. The molecular weight excluding hydrogens is 414 g/mol. The molecule has 154 valence electrons. The van der Waals surface area contributed by atoms with Crippen molar-refractivity contribution in [3.05, 3.63) is 34.6 Å². The number of thioether (sulfide) groups is 1. The van der Waals surface area contributed by atoms with Crippen molar-refractivity contribution in [2.75, 3.05) is 18.6 Å². The summed E-state index contributed by atoms with van der Waals surface area (Å²) in [4.78, 5) is 26.9. The van der Waals surface area contributed by atoms with Gasteiger partial charge >= 0.3 is 0 Å². The number of amides is 1. The lowest BCUT2D eigenvalue weighted by Gasteiger charge is -2.26. The first-order valence-electron chi connectivity index (χ1n) is 9.16. The van der Waals surface area contributed by atoms with E-state index in [9.17, 15) is 18.0 Å². The Kier molecular flexibility index (Phi) is 4.89. The first-order chi connectivity index (χ1) is 13.7. The predicted octanol–water partition coefficient (Wildman–Crippen LogP) is 0.707. The number of hydrogen-bond acceptors (Lipinski definition) is 7. The van der Waals surface area contributed by atoms with Crippen molar-refractivity contribution in [3.8, 4) is 0 Å². The summed E-state index contributed by atoms with van der Waals surface area (Å²) in [5.41, 5.74) is 0.511. The molecule has 2 aromatic heterocycles. The molecule has 11 heteroatoms. The molecule has 29 heavy (non-hydrogen) atoms. The number of carbonyl (C=O) groups excluding carboxylic acids is 1. The van der Waals surface area contributed by atoms with Gasteiger partial charge in [-0.3, -0.25) is 18.6 Å². The standard InChI is InChI=1S/C18H21N5O4S2/c1-11(15(24)21(2)12-8-9-29(26,27)10-12)28-18-20-19-17-22(3)16(25)13-6-4-5-7-14(13)23(17)18/h4-7,11-12H,8-10H2,1-3H3. The van der Waals surface area contributed by atoms with E-state index in [-0.39, 0.29) is 29.0 Å². The van der Waals surface area contributed by atoms with Gasteiger partial charge in [-0.1, -0.05) is 23.9 Å². The average molecular weight is 436 g/mol. The van der Waals surface area contributed by atoms with Crippen LogP contribution in [0.1, 0.15) is 13.3 Å². The van der Waals surface area contributed by atoms with Gasteiger partial charge in [-0.15, -0.1) is 10.2 Å². The van der Waals surface area contributed by atoms with Crippen molar-refractivity contribution >= 4 is 44.2 Å². The van der Waals surface area contributed by atoms with E-state index < -0.39 is 15.1 Å². The highest BCUT2D eigenvalue weighted by Crippen LogP contribution is 2.27. The van der Waals surface area contributed by atoms with Crippen molar-refractivity contribution in [2.45, 2.75) is 29.8 Å². The summed E-state index contributed by atoms with van der Waals surface area (Å²) in [7, 11) is 0.209. The minimum atomic E-state index is -3.07. The van der Waals surface area contributed by atoms with Gasteiger partial charge in [-0.05, 0) is 25.5 Å². The minimum absolute atomic E-state index is 0.00718. The Hall–Kier alpha value is -2.40. The third-order valence-electron chi connectivity index (χ3n) is 5.33. The van der Waals surface area contributed by atoms with Gasteiger partial charge in [0.2, 0.25) is 11.7 Å². The molecule has 1 fully saturated rings. The topological polar surface area (TPSA) is 107 Å². The van der Waals surface area contributed by atoms with Crippen LogP contribution in [0.4, 0.5) is 0 Å². The molecule has 2 atom stereocenters. The number of nitrogens with zero attached hydrogens (tertiary/aromatic N) is 5. The summed E-state index contributed by atoms with van der Waals surface area (Å²) >= 11 is 1.24. The maximum atomic E-state index is 12.9. The van der Waals surface area contributed by atoms with E-state index in [0.717, 1.165) is 0 Å². The van der Waals surface area contributed by atoms with E-state index in [1.807, 2.05) is 12.1 Å². The second-order valence-electron chi connectivity index (χ2n) is 7.27. The monoisotopic (exact) mass is 435 g/mol. The highest BCUT2D eigenvalue weighted by atomic mass is 32.2. The van der Waals surface area contributed by atoms with Gasteiger partial charge in [0, 0.05) is 20.1 Å². The lowest BCUT2D eigenvalue weighted by Crippen LogP contribution is -2.41. The van der Waals surface area contributed by atoms with Crippen LogP contribution >= 0.6 is 11.8 Å². The van der Waals surface area contributed by atoms with Gasteiger partial charge in [0.25, 0.3) is 5.56 Å². The first-order valence-corrected chi connectivity index (χ1v) is 11.9. The van der Waals surface area contributed by atoms with Crippen LogP contribution in [0.5, 0.6) is 0 Å². The van der Waals surface area contributed by atoms with Gasteiger partial charge < -0.3 is 4.90 Å².